The average Bonchev–Trinajstić information content (AvgIpc) is 4.20. The Morgan fingerprint density at radius 1 is 0.657 bits per heavy atom. The lowest BCUT2D eigenvalue weighted by molar-refractivity contribution is 0.00578. The number of carbonyl (C=O) groups excluding carboxylic acids is 2. The van der Waals surface area contributed by atoms with E-state index in [0.29, 0.717) is 16.9 Å². The van der Waals surface area contributed by atoms with Gasteiger partial charge in [-0.05, 0) is 104 Å². The molecule has 0 aliphatic carbocycles. The zero-order chi connectivity index (χ0) is 49.6. The van der Waals surface area contributed by atoms with Crippen LogP contribution in [0.4, 0.5) is 41.6 Å². The van der Waals surface area contributed by atoms with Crippen molar-refractivity contribution in [2.75, 3.05) is 45.9 Å². The smallest absolute Gasteiger partial charge is 0.441 e. The number of aliphatic hydroxyl groups excluding tert-OH is 2. The van der Waals surface area contributed by atoms with Gasteiger partial charge >= 0.3 is 19.3 Å². The molecule has 5 aliphatic rings. The number of hydrogen-bond donors (Lipinski definition) is 2. The number of amides is 2. The fraction of sp³-hybridized carbons (Fsp3) is 0.360. The highest BCUT2D eigenvalue weighted by molar-refractivity contribution is 9.10. The third-order valence-electron chi connectivity index (χ3n) is 13.5. The summed E-state index contributed by atoms with van der Waals surface area (Å²) >= 11 is 3.51. The summed E-state index contributed by atoms with van der Waals surface area (Å²) in [5.41, 5.74) is 6.34. The van der Waals surface area contributed by atoms with Gasteiger partial charge in [0.2, 0.25) is 11.9 Å². The first kappa shape index (κ1) is 48.7. The normalized spacial score (nSPS) is 19.7. The Kier molecular flexibility index (Phi) is 13.5. The topological polar surface area (TPSA) is 160 Å². The van der Waals surface area contributed by atoms with Crippen LogP contribution in [-0.4, -0.2) is 98.3 Å². The molecular weight excluding hydrogens is 969 g/mol. The van der Waals surface area contributed by atoms with Crippen LogP contribution in [0.15, 0.2) is 102 Å². The molecule has 16 nitrogen and oxygen atoms in total. The van der Waals surface area contributed by atoms with Crippen LogP contribution in [0.5, 0.6) is 0 Å². The van der Waals surface area contributed by atoms with Crippen molar-refractivity contribution < 1.29 is 47.4 Å². The van der Waals surface area contributed by atoms with Gasteiger partial charge in [0.05, 0.1) is 48.9 Å². The SMILES string of the molecule is CC1(C)OB(c2ccc(N3CC(CO)OC3=O)cc2F)OC1(C)C.Cn1ccnc1N1Cc2ccc(-c3ccc(N4C[C@H](CO)OC4=O)cc3F)cc2C1.Cn1ccnc1N1Cc2ccc(Br)cc2C1. The van der Waals surface area contributed by atoms with Crippen LogP contribution < -0.4 is 25.1 Å². The molecule has 0 spiro atoms. The highest BCUT2D eigenvalue weighted by atomic mass is 79.9. The van der Waals surface area contributed by atoms with Crippen molar-refractivity contribution >= 4 is 64.0 Å². The molecule has 7 heterocycles. The van der Waals surface area contributed by atoms with Crippen LogP contribution in [0.25, 0.3) is 11.1 Å². The molecular formula is C50H54BBrF2N8O8. The van der Waals surface area contributed by atoms with Crippen LogP contribution in [0, 0.1) is 11.6 Å². The monoisotopic (exact) mass is 1020 g/mol. The predicted molar refractivity (Wildman–Crippen MR) is 264 cm³/mol. The second-order valence-corrected chi connectivity index (χ2v) is 19.8. The molecule has 11 rings (SSSR count). The molecule has 2 N–H and O–H groups in total. The number of anilines is 4. The van der Waals surface area contributed by atoms with Gasteiger partial charge in [-0.2, -0.15) is 0 Å². The van der Waals surface area contributed by atoms with E-state index in [1.807, 2.05) is 83.1 Å². The Balaban J connectivity index is 0.000000136. The number of hydrogen-bond acceptors (Lipinski definition) is 12. The Labute approximate surface area is 413 Å². The molecule has 0 saturated carbocycles. The number of aryl methyl sites for hydroxylation is 2. The predicted octanol–water partition coefficient (Wildman–Crippen LogP) is 7.21. The minimum atomic E-state index is -0.806. The van der Waals surface area contributed by atoms with Gasteiger partial charge in [0.15, 0.2) is 0 Å². The zero-order valence-corrected chi connectivity index (χ0v) is 41.3. The maximum atomic E-state index is 14.9. The van der Waals surface area contributed by atoms with Crippen molar-refractivity contribution in [2.45, 2.75) is 77.3 Å². The molecule has 2 amide bonds. The highest BCUT2D eigenvalue weighted by Crippen LogP contribution is 2.38. The summed E-state index contributed by atoms with van der Waals surface area (Å²) < 4.78 is 56.4. The first-order valence-electron chi connectivity index (χ1n) is 22.9. The van der Waals surface area contributed by atoms with Gasteiger partial charge < -0.3 is 47.9 Å². The maximum Gasteiger partial charge on any atom is 0.497 e. The van der Waals surface area contributed by atoms with Gasteiger partial charge in [-0.25, -0.2) is 28.3 Å². The fourth-order valence-corrected chi connectivity index (χ4v) is 9.35. The molecule has 0 bridgehead atoms. The number of halogens is 3. The van der Waals surface area contributed by atoms with Gasteiger partial charge in [0.25, 0.3) is 0 Å². The second-order valence-electron chi connectivity index (χ2n) is 18.8. The third kappa shape index (κ3) is 9.74. The van der Waals surface area contributed by atoms with Crippen LogP contribution >= 0.6 is 15.9 Å². The number of cyclic esters (lactones) is 2. The molecule has 6 aromatic rings. The lowest BCUT2D eigenvalue weighted by Gasteiger charge is -2.32. The molecule has 3 fully saturated rings. The molecule has 1 unspecified atom stereocenters. The summed E-state index contributed by atoms with van der Waals surface area (Å²) in [7, 11) is 3.19. The molecule has 70 heavy (non-hydrogen) atoms. The quantitative estimate of drug-likeness (QED) is 0.148. The minimum absolute atomic E-state index is 0.185. The van der Waals surface area contributed by atoms with Crippen molar-refractivity contribution in [2.24, 2.45) is 14.1 Å². The van der Waals surface area contributed by atoms with E-state index >= 15 is 0 Å². The van der Waals surface area contributed by atoms with E-state index in [2.05, 4.69) is 58.5 Å². The number of rotatable bonds is 8. The minimum Gasteiger partial charge on any atom is -0.441 e. The number of carbonyl (C=O) groups is 2. The number of ether oxygens (including phenoxy) is 2. The molecule has 366 valence electrons. The van der Waals surface area contributed by atoms with Crippen LogP contribution in [0.3, 0.4) is 0 Å². The number of fused-ring (bicyclic) bond motifs is 2. The molecule has 2 aromatic heterocycles. The van der Waals surface area contributed by atoms with Gasteiger partial charge in [-0.15, -0.1) is 0 Å². The molecule has 3 saturated heterocycles. The number of aromatic nitrogens is 4. The maximum absolute atomic E-state index is 14.9. The van der Waals surface area contributed by atoms with E-state index in [1.165, 1.54) is 38.6 Å². The van der Waals surface area contributed by atoms with E-state index in [-0.39, 0.29) is 31.8 Å². The summed E-state index contributed by atoms with van der Waals surface area (Å²) in [5, 5.41) is 18.3. The summed E-state index contributed by atoms with van der Waals surface area (Å²) in [6.07, 6.45) is 5.16. The number of imidazole rings is 2. The van der Waals surface area contributed by atoms with Crippen molar-refractivity contribution in [3.8, 4) is 11.1 Å². The number of nitrogens with zero attached hydrogens (tertiary/aromatic N) is 8. The van der Waals surface area contributed by atoms with Crippen LogP contribution in [-0.2, 0) is 59.1 Å². The van der Waals surface area contributed by atoms with Gasteiger partial charge in [0.1, 0.15) is 23.8 Å². The van der Waals surface area contributed by atoms with E-state index in [0.717, 1.165) is 53.7 Å². The Morgan fingerprint density at radius 3 is 1.61 bits per heavy atom. The fourth-order valence-electron chi connectivity index (χ4n) is 8.94. The average molecular weight is 1020 g/mol. The van der Waals surface area contributed by atoms with E-state index in [9.17, 15) is 23.5 Å². The van der Waals surface area contributed by atoms with Crippen LogP contribution in [0.2, 0.25) is 0 Å². The van der Waals surface area contributed by atoms with Crippen molar-refractivity contribution in [1.82, 2.24) is 19.1 Å². The lowest BCUT2D eigenvalue weighted by atomic mass is 9.78. The van der Waals surface area contributed by atoms with Gasteiger partial charge in [0, 0.05) is 80.6 Å². The Hall–Kier alpha value is -6.32. The Morgan fingerprint density at radius 2 is 1.14 bits per heavy atom. The summed E-state index contributed by atoms with van der Waals surface area (Å²) in [5.74, 6) is 1.01. The summed E-state index contributed by atoms with van der Waals surface area (Å²) in [6.45, 7) is 10.8. The molecule has 2 atom stereocenters. The standard InChI is InChI=1S/C22H21FN4O3.C16H21BFNO5.C12H12BrN3/c1-25-7-6-24-21(25)26-10-15-3-2-14(8-16(15)11-26)19-5-4-17(9-20(19)23)27-12-18(13-28)30-22(27)29;1-15(2)16(3,4)24-17(23-15)12-6-5-10(7-13(12)18)19-8-11(9-20)22-14(19)21;1-15-5-4-14-12(15)16-7-9-2-3-11(13)6-10(9)8-16/h2-9,18,28H,10-13H2,1H3;5-7,11,20H,8-9H2,1-4H3;2-6H,7-8H2,1H3/t18-;;/m1../s1. The Bertz CT molecular complexity index is 2920. The van der Waals surface area contributed by atoms with Crippen molar-refractivity contribution in [3.63, 3.8) is 0 Å². The first-order valence-corrected chi connectivity index (χ1v) is 23.7. The highest BCUT2D eigenvalue weighted by Gasteiger charge is 2.52. The summed E-state index contributed by atoms with van der Waals surface area (Å²) in [4.78, 5) is 39.6. The van der Waals surface area contributed by atoms with E-state index < -0.39 is 54.3 Å². The molecule has 20 heteroatoms. The van der Waals surface area contributed by atoms with Crippen LogP contribution in [0.1, 0.15) is 49.9 Å². The third-order valence-corrected chi connectivity index (χ3v) is 14.0. The summed E-state index contributed by atoms with van der Waals surface area (Å²) in [6, 6.07) is 21.6. The van der Waals surface area contributed by atoms with E-state index in [4.69, 9.17) is 23.9 Å². The zero-order valence-electron chi connectivity index (χ0n) is 39.7. The first-order chi connectivity index (χ1) is 33.4. The van der Waals surface area contributed by atoms with Gasteiger partial charge in [-0.3, -0.25) is 9.80 Å². The van der Waals surface area contributed by atoms with Crippen molar-refractivity contribution in [3.05, 3.63) is 136 Å². The second kappa shape index (κ2) is 19.5. The number of aliphatic hydroxyl groups is 2. The largest absolute Gasteiger partial charge is 0.497 e. The van der Waals surface area contributed by atoms with Gasteiger partial charge in [-0.1, -0.05) is 40.2 Å². The molecule has 5 aliphatic heterocycles. The molecule has 4 aromatic carbocycles. The lowest BCUT2D eigenvalue weighted by Crippen LogP contribution is -2.41. The molecule has 0 radical (unpaired) electrons. The van der Waals surface area contributed by atoms with E-state index in [1.54, 1.807) is 30.5 Å². The van der Waals surface area contributed by atoms with Crippen molar-refractivity contribution in [1.29, 1.82) is 0 Å². The number of benzene rings is 4.